The fourth-order valence-electron chi connectivity index (χ4n) is 3.58. The lowest BCUT2D eigenvalue weighted by atomic mass is 9.90. The van der Waals surface area contributed by atoms with Gasteiger partial charge in [-0.05, 0) is 50.4 Å². The van der Waals surface area contributed by atoms with E-state index in [2.05, 4.69) is 19.1 Å². The van der Waals surface area contributed by atoms with Gasteiger partial charge < -0.3 is 9.84 Å². The zero-order valence-electron chi connectivity index (χ0n) is 15.0. The Labute approximate surface area is 142 Å². The maximum absolute atomic E-state index is 10.4. The summed E-state index contributed by atoms with van der Waals surface area (Å²) in [6.07, 6.45) is 20.5. The first-order valence-corrected chi connectivity index (χ1v) is 9.70. The third-order valence-electron chi connectivity index (χ3n) is 4.91. The van der Waals surface area contributed by atoms with Crippen molar-refractivity contribution in [2.24, 2.45) is 11.8 Å². The lowest BCUT2D eigenvalue weighted by molar-refractivity contribution is -0.142. The maximum atomic E-state index is 10.4. The molecule has 2 atom stereocenters. The smallest absolute Gasteiger partial charge is 0.329 e. The first-order valence-electron chi connectivity index (χ1n) is 9.70. The van der Waals surface area contributed by atoms with Crippen molar-refractivity contribution >= 4 is 5.97 Å². The Morgan fingerprint density at radius 1 is 1.13 bits per heavy atom. The minimum Gasteiger partial charge on any atom is -0.480 e. The summed E-state index contributed by atoms with van der Waals surface area (Å²) < 4.78 is 5.09. The van der Waals surface area contributed by atoms with Crippen molar-refractivity contribution in [3.63, 3.8) is 0 Å². The van der Waals surface area contributed by atoms with E-state index < -0.39 is 5.97 Å². The van der Waals surface area contributed by atoms with Crippen LogP contribution in [0.5, 0.6) is 0 Å². The predicted molar refractivity (Wildman–Crippen MR) is 95.7 cm³/mol. The number of carboxylic acid groups (broad SMARTS) is 1. The molecular formula is C20H36O3. The molecule has 1 aliphatic carbocycles. The van der Waals surface area contributed by atoms with Crippen LogP contribution >= 0.6 is 0 Å². The van der Waals surface area contributed by atoms with Crippen molar-refractivity contribution in [2.45, 2.75) is 84.0 Å². The van der Waals surface area contributed by atoms with Crippen LogP contribution in [-0.4, -0.2) is 24.3 Å². The molecule has 0 unspecified atom stereocenters. The minimum absolute atomic E-state index is 0.160. The number of ether oxygens (including phenoxy) is 1. The van der Waals surface area contributed by atoms with Gasteiger partial charge in [0.05, 0.1) is 0 Å². The van der Waals surface area contributed by atoms with E-state index in [1.54, 1.807) is 0 Å². The van der Waals surface area contributed by atoms with Gasteiger partial charge in [0.15, 0.2) is 0 Å². The summed E-state index contributed by atoms with van der Waals surface area (Å²) in [6.45, 7) is 2.68. The van der Waals surface area contributed by atoms with Gasteiger partial charge >= 0.3 is 5.97 Å². The van der Waals surface area contributed by atoms with E-state index in [0.29, 0.717) is 6.61 Å². The second-order valence-corrected chi connectivity index (χ2v) is 6.93. The molecule has 0 amide bonds. The van der Waals surface area contributed by atoms with Crippen LogP contribution in [0, 0.1) is 11.8 Å². The fourth-order valence-corrected chi connectivity index (χ4v) is 3.58. The first kappa shape index (κ1) is 20.2. The zero-order valence-corrected chi connectivity index (χ0v) is 15.0. The van der Waals surface area contributed by atoms with Gasteiger partial charge in [0.1, 0.15) is 6.61 Å². The summed E-state index contributed by atoms with van der Waals surface area (Å²) in [7, 11) is 0. The predicted octanol–water partition coefficient (Wildman–Crippen LogP) is 5.59. The van der Waals surface area contributed by atoms with Gasteiger partial charge in [0.25, 0.3) is 0 Å². The minimum atomic E-state index is -0.874. The molecule has 0 aromatic heterocycles. The molecule has 3 nitrogen and oxygen atoms in total. The third kappa shape index (κ3) is 10.5. The van der Waals surface area contributed by atoms with Crippen molar-refractivity contribution in [1.29, 1.82) is 0 Å². The molecule has 0 saturated heterocycles. The van der Waals surface area contributed by atoms with E-state index in [1.165, 1.54) is 64.2 Å². The Morgan fingerprint density at radius 2 is 1.96 bits per heavy atom. The number of rotatable bonds is 14. The standard InChI is InChI=1S/C20H36O3/c1-2-3-4-5-6-7-8-12-18-14-11-15-19(18)13-9-10-16-23-17-20(21)22/h8,12,18-19H,2-7,9-11,13-17H2,1H3,(H,21,22)/t18-,19-/m0/s1. The quantitative estimate of drug-likeness (QED) is 0.334. The van der Waals surface area contributed by atoms with Crippen LogP contribution in [0.15, 0.2) is 12.2 Å². The molecule has 1 fully saturated rings. The van der Waals surface area contributed by atoms with Crippen LogP contribution in [0.1, 0.15) is 84.0 Å². The number of hydrogen-bond donors (Lipinski definition) is 1. The van der Waals surface area contributed by atoms with Gasteiger partial charge in [0, 0.05) is 6.61 Å². The highest BCUT2D eigenvalue weighted by Crippen LogP contribution is 2.36. The second kappa shape index (κ2) is 13.6. The van der Waals surface area contributed by atoms with Gasteiger partial charge in [-0.1, -0.05) is 57.6 Å². The van der Waals surface area contributed by atoms with Crippen molar-refractivity contribution in [2.75, 3.05) is 13.2 Å². The number of allylic oxidation sites excluding steroid dienone is 2. The molecule has 1 aliphatic rings. The molecule has 134 valence electrons. The number of aliphatic carboxylic acids is 1. The molecule has 0 aromatic rings. The van der Waals surface area contributed by atoms with Gasteiger partial charge in [-0.2, -0.15) is 0 Å². The maximum Gasteiger partial charge on any atom is 0.329 e. The zero-order chi connectivity index (χ0) is 16.8. The van der Waals surface area contributed by atoms with Gasteiger partial charge in [-0.15, -0.1) is 0 Å². The lowest BCUT2D eigenvalue weighted by Crippen LogP contribution is -2.09. The van der Waals surface area contributed by atoms with Crippen LogP contribution in [0.25, 0.3) is 0 Å². The Balaban J connectivity index is 2.05. The van der Waals surface area contributed by atoms with Gasteiger partial charge in [-0.25, -0.2) is 4.79 Å². The molecular weight excluding hydrogens is 288 g/mol. The largest absolute Gasteiger partial charge is 0.480 e. The molecule has 0 aliphatic heterocycles. The number of carboxylic acids is 1. The van der Waals surface area contributed by atoms with Crippen LogP contribution in [0.2, 0.25) is 0 Å². The first-order chi connectivity index (χ1) is 11.2. The summed E-state index contributed by atoms with van der Waals surface area (Å²) in [5, 5.41) is 8.51. The molecule has 23 heavy (non-hydrogen) atoms. The average molecular weight is 325 g/mol. The Morgan fingerprint density at radius 3 is 2.74 bits per heavy atom. The Kier molecular flexibility index (Phi) is 11.9. The second-order valence-electron chi connectivity index (χ2n) is 6.93. The molecule has 0 heterocycles. The summed E-state index contributed by atoms with van der Waals surface area (Å²) in [4.78, 5) is 10.4. The topological polar surface area (TPSA) is 46.5 Å². The van der Waals surface area contributed by atoms with Crippen LogP contribution in [-0.2, 0) is 9.53 Å². The van der Waals surface area contributed by atoms with Crippen molar-refractivity contribution in [3.8, 4) is 0 Å². The third-order valence-corrected chi connectivity index (χ3v) is 4.91. The highest BCUT2D eigenvalue weighted by atomic mass is 16.5. The van der Waals surface area contributed by atoms with E-state index in [-0.39, 0.29) is 6.61 Å². The molecule has 0 bridgehead atoms. The van der Waals surface area contributed by atoms with Crippen LogP contribution in [0.4, 0.5) is 0 Å². The summed E-state index contributed by atoms with van der Waals surface area (Å²) >= 11 is 0. The average Bonchev–Trinajstić information content (AvgIpc) is 2.97. The summed E-state index contributed by atoms with van der Waals surface area (Å²) in [5.74, 6) is 0.747. The van der Waals surface area contributed by atoms with Gasteiger partial charge in [0.2, 0.25) is 0 Å². The lowest BCUT2D eigenvalue weighted by Gasteiger charge is -2.16. The van der Waals surface area contributed by atoms with E-state index in [4.69, 9.17) is 9.84 Å². The molecule has 3 heteroatoms. The van der Waals surface area contributed by atoms with Gasteiger partial charge in [-0.3, -0.25) is 0 Å². The Bertz CT molecular complexity index is 325. The number of carbonyl (C=O) groups is 1. The van der Waals surface area contributed by atoms with E-state index >= 15 is 0 Å². The molecule has 0 spiro atoms. The molecule has 1 saturated carbocycles. The van der Waals surface area contributed by atoms with Crippen LogP contribution < -0.4 is 0 Å². The van der Waals surface area contributed by atoms with Crippen molar-refractivity contribution in [3.05, 3.63) is 12.2 Å². The molecule has 1 N–H and O–H groups in total. The fraction of sp³-hybridized carbons (Fsp3) is 0.850. The highest BCUT2D eigenvalue weighted by molar-refractivity contribution is 5.67. The number of hydrogen-bond acceptors (Lipinski definition) is 2. The normalized spacial score (nSPS) is 21.3. The molecule has 0 radical (unpaired) electrons. The van der Waals surface area contributed by atoms with Crippen LogP contribution in [0.3, 0.4) is 0 Å². The van der Waals surface area contributed by atoms with Crippen molar-refractivity contribution in [1.82, 2.24) is 0 Å². The van der Waals surface area contributed by atoms with E-state index in [0.717, 1.165) is 24.7 Å². The van der Waals surface area contributed by atoms with E-state index in [1.807, 2.05) is 0 Å². The van der Waals surface area contributed by atoms with Crippen molar-refractivity contribution < 1.29 is 14.6 Å². The van der Waals surface area contributed by atoms with E-state index in [9.17, 15) is 4.79 Å². The summed E-state index contributed by atoms with van der Waals surface area (Å²) in [5.41, 5.74) is 0. The molecule has 0 aromatic carbocycles. The Hall–Kier alpha value is -0.830. The number of unbranched alkanes of at least 4 members (excludes halogenated alkanes) is 6. The SMILES string of the molecule is CCCCCCCC=C[C@H]1CCC[C@@H]1CCCCOCC(=O)O. The molecule has 1 rings (SSSR count). The summed E-state index contributed by atoms with van der Waals surface area (Å²) in [6, 6.07) is 0. The monoisotopic (exact) mass is 324 g/mol. The highest BCUT2D eigenvalue weighted by Gasteiger charge is 2.24.